The van der Waals surface area contributed by atoms with Gasteiger partial charge in [-0.1, -0.05) is 29.2 Å². The SMILES string of the molecule is C[C@@H](Sc1nnc(NC2CC2)s1)C(=O)Nc1ccc2c(c1)CCC2. The van der Waals surface area contributed by atoms with Crippen molar-refractivity contribution in [2.75, 3.05) is 10.6 Å². The zero-order valence-electron chi connectivity index (χ0n) is 13.5. The molecule has 2 N–H and O–H groups in total. The van der Waals surface area contributed by atoms with Crippen LogP contribution in [0.3, 0.4) is 0 Å². The van der Waals surface area contributed by atoms with Crippen molar-refractivity contribution in [2.45, 2.75) is 54.7 Å². The molecule has 1 amide bonds. The fourth-order valence-corrected chi connectivity index (χ4v) is 4.79. The molecule has 0 spiro atoms. The Balaban J connectivity index is 1.34. The number of nitrogens with zero attached hydrogens (tertiary/aromatic N) is 2. The zero-order chi connectivity index (χ0) is 16.5. The normalized spacial score (nSPS) is 17.4. The van der Waals surface area contributed by atoms with E-state index in [0.29, 0.717) is 6.04 Å². The molecule has 2 aliphatic rings. The van der Waals surface area contributed by atoms with Gasteiger partial charge in [0.15, 0.2) is 4.34 Å². The minimum absolute atomic E-state index is 0.00449. The van der Waals surface area contributed by atoms with Gasteiger partial charge in [-0.25, -0.2) is 0 Å². The Hall–Kier alpha value is -1.60. The average Bonchev–Trinajstić information content (AvgIpc) is 3.07. The maximum atomic E-state index is 12.4. The maximum absolute atomic E-state index is 12.4. The number of carbonyl (C=O) groups excluding carboxylic acids is 1. The molecule has 2 aromatic rings. The van der Waals surface area contributed by atoms with Crippen LogP contribution in [-0.4, -0.2) is 27.4 Å². The average molecular weight is 361 g/mol. The number of benzene rings is 1. The number of hydrogen-bond donors (Lipinski definition) is 2. The van der Waals surface area contributed by atoms with Gasteiger partial charge < -0.3 is 10.6 Å². The van der Waals surface area contributed by atoms with Crippen molar-refractivity contribution in [3.05, 3.63) is 29.3 Å². The summed E-state index contributed by atoms with van der Waals surface area (Å²) in [4.78, 5) is 12.4. The first kappa shape index (κ1) is 15.9. The van der Waals surface area contributed by atoms with E-state index in [0.717, 1.165) is 28.0 Å². The fourth-order valence-electron chi connectivity index (χ4n) is 2.82. The van der Waals surface area contributed by atoms with Crippen LogP contribution in [-0.2, 0) is 17.6 Å². The first-order valence-corrected chi connectivity index (χ1v) is 10.1. The van der Waals surface area contributed by atoms with Gasteiger partial charge in [-0.15, -0.1) is 10.2 Å². The highest BCUT2D eigenvalue weighted by molar-refractivity contribution is 8.02. The summed E-state index contributed by atoms with van der Waals surface area (Å²) in [6.07, 6.45) is 5.91. The van der Waals surface area contributed by atoms with Gasteiger partial charge in [0.1, 0.15) is 0 Å². The quantitative estimate of drug-likeness (QED) is 0.769. The van der Waals surface area contributed by atoms with E-state index in [1.54, 1.807) is 0 Å². The molecular weight excluding hydrogens is 340 g/mol. The van der Waals surface area contributed by atoms with E-state index in [4.69, 9.17) is 0 Å². The number of hydrogen-bond acceptors (Lipinski definition) is 6. The van der Waals surface area contributed by atoms with Crippen molar-refractivity contribution in [2.24, 2.45) is 0 Å². The molecule has 126 valence electrons. The summed E-state index contributed by atoms with van der Waals surface area (Å²) < 4.78 is 0.828. The number of aromatic nitrogens is 2. The predicted octanol–water partition coefficient (Wildman–Crippen LogP) is 3.72. The van der Waals surface area contributed by atoms with E-state index in [9.17, 15) is 4.79 Å². The van der Waals surface area contributed by atoms with Crippen LogP contribution < -0.4 is 10.6 Å². The second-order valence-corrected chi connectivity index (χ2v) is 8.94. The summed E-state index contributed by atoms with van der Waals surface area (Å²) in [6, 6.07) is 6.81. The number of rotatable bonds is 6. The van der Waals surface area contributed by atoms with Crippen molar-refractivity contribution >= 4 is 39.8 Å². The van der Waals surface area contributed by atoms with Crippen LogP contribution in [0.1, 0.15) is 37.3 Å². The molecular formula is C17H20N4OS2. The van der Waals surface area contributed by atoms with Crippen LogP contribution in [0.4, 0.5) is 10.8 Å². The molecule has 24 heavy (non-hydrogen) atoms. The zero-order valence-corrected chi connectivity index (χ0v) is 15.2. The number of amides is 1. The summed E-state index contributed by atoms with van der Waals surface area (Å²) in [6.45, 7) is 1.91. The molecule has 4 rings (SSSR count). The lowest BCUT2D eigenvalue weighted by molar-refractivity contribution is -0.115. The van der Waals surface area contributed by atoms with Gasteiger partial charge in [0.25, 0.3) is 0 Å². The number of carbonyl (C=O) groups is 1. The lowest BCUT2D eigenvalue weighted by Crippen LogP contribution is -2.22. The van der Waals surface area contributed by atoms with E-state index >= 15 is 0 Å². The largest absolute Gasteiger partial charge is 0.357 e. The summed E-state index contributed by atoms with van der Waals surface area (Å²) in [5.74, 6) is 0.00449. The van der Waals surface area contributed by atoms with E-state index in [-0.39, 0.29) is 11.2 Å². The highest BCUT2D eigenvalue weighted by atomic mass is 32.2. The van der Waals surface area contributed by atoms with Crippen molar-refractivity contribution in [3.8, 4) is 0 Å². The minimum atomic E-state index is -0.208. The molecule has 0 unspecified atom stereocenters. The Morgan fingerprint density at radius 2 is 2.12 bits per heavy atom. The molecule has 1 saturated carbocycles. The number of nitrogens with one attached hydrogen (secondary N) is 2. The van der Waals surface area contributed by atoms with Crippen molar-refractivity contribution in [1.82, 2.24) is 10.2 Å². The first-order chi connectivity index (χ1) is 11.7. The number of anilines is 2. The molecule has 0 saturated heterocycles. The second-order valence-electron chi connectivity index (χ2n) is 6.38. The summed E-state index contributed by atoms with van der Waals surface area (Å²) in [7, 11) is 0. The second kappa shape index (κ2) is 6.72. The van der Waals surface area contributed by atoms with Crippen LogP contribution in [0, 0.1) is 0 Å². The van der Waals surface area contributed by atoms with Crippen LogP contribution >= 0.6 is 23.1 Å². The smallest absolute Gasteiger partial charge is 0.237 e. The van der Waals surface area contributed by atoms with Crippen LogP contribution in [0.15, 0.2) is 22.5 Å². The summed E-state index contributed by atoms with van der Waals surface area (Å²) in [5.41, 5.74) is 3.68. The number of fused-ring (bicyclic) bond motifs is 1. The molecule has 1 aromatic heterocycles. The lowest BCUT2D eigenvalue weighted by atomic mass is 10.1. The van der Waals surface area contributed by atoms with E-state index in [2.05, 4.69) is 33.0 Å². The third-order valence-corrected chi connectivity index (χ3v) is 6.36. The van der Waals surface area contributed by atoms with Gasteiger partial charge in [0.05, 0.1) is 5.25 Å². The lowest BCUT2D eigenvalue weighted by Gasteiger charge is -2.11. The third-order valence-electron chi connectivity index (χ3n) is 4.32. The monoisotopic (exact) mass is 360 g/mol. The van der Waals surface area contributed by atoms with Gasteiger partial charge in [-0.05, 0) is 62.3 Å². The minimum Gasteiger partial charge on any atom is -0.357 e. The van der Waals surface area contributed by atoms with Gasteiger partial charge in [0.2, 0.25) is 11.0 Å². The number of aryl methyl sites for hydroxylation is 2. The van der Waals surface area contributed by atoms with Gasteiger partial charge in [-0.3, -0.25) is 4.79 Å². The van der Waals surface area contributed by atoms with E-state index in [1.807, 2.05) is 13.0 Å². The van der Waals surface area contributed by atoms with Gasteiger partial charge in [-0.2, -0.15) is 0 Å². The maximum Gasteiger partial charge on any atom is 0.237 e. The summed E-state index contributed by atoms with van der Waals surface area (Å²) in [5, 5.41) is 15.3. The molecule has 1 heterocycles. The molecule has 1 atom stereocenters. The van der Waals surface area contributed by atoms with E-state index < -0.39 is 0 Å². The molecule has 0 radical (unpaired) electrons. The molecule has 2 aliphatic carbocycles. The highest BCUT2D eigenvalue weighted by Gasteiger charge is 2.23. The molecule has 1 fully saturated rings. The number of thioether (sulfide) groups is 1. The molecule has 5 nitrogen and oxygen atoms in total. The third kappa shape index (κ3) is 3.72. The summed E-state index contributed by atoms with van der Waals surface area (Å²) >= 11 is 2.98. The van der Waals surface area contributed by atoms with E-state index in [1.165, 1.54) is 53.5 Å². The molecule has 0 aliphatic heterocycles. The molecule has 0 bridgehead atoms. The predicted molar refractivity (Wildman–Crippen MR) is 99.0 cm³/mol. The van der Waals surface area contributed by atoms with Crippen molar-refractivity contribution in [3.63, 3.8) is 0 Å². The molecule has 1 aromatic carbocycles. The van der Waals surface area contributed by atoms with Crippen LogP contribution in [0.5, 0.6) is 0 Å². The topological polar surface area (TPSA) is 66.9 Å². The Labute approximate surface area is 149 Å². The molecule has 7 heteroatoms. The van der Waals surface area contributed by atoms with Crippen molar-refractivity contribution in [1.29, 1.82) is 0 Å². The van der Waals surface area contributed by atoms with Crippen molar-refractivity contribution < 1.29 is 4.79 Å². The van der Waals surface area contributed by atoms with Crippen LogP contribution in [0.25, 0.3) is 0 Å². The highest BCUT2D eigenvalue weighted by Crippen LogP contribution is 2.32. The van der Waals surface area contributed by atoms with Crippen LogP contribution in [0.2, 0.25) is 0 Å². The fraction of sp³-hybridized carbons (Fsp3) is 0.471. The Kier molecular flexibility index (Phi) is 4.45. The Morgan fingerprint density at radius 3 is 2.96 bits per heavy atom. The van der Waals surface area contributed by atoms with Gasteiger partial charge in [0, 0.05) is 11.7 Å². The first-order valence-electron chi connectivity index (χ1n) is 8.37. The standard InChI is InChI=1S/C17H20N4OS2/c1-10(23-17-21-20-16(24-17)19-13-7-8-13)15(22)18-14-6-5-11-3-2-4-12(11)9-14/h5-6,9-10,13H,2-4,7-8H2,1H3,(H,18,22)(H,19,20)/t10-/m1/s1. The Bertz CT molecular complexity index is 757. The van der Waals surface area contributed by atoms with Gasteiger partial charge >= 0.3 is 0 Å². The Morgan fingerprint density at radius 1 is 1.29 bits per heavy atom.